The first-order valence-electron chi connectivity index (χ1n) is 6.81. The molecule has 108 valence electrons. The van der Waals surface area contributed by atoms with Crippen molar-refractivity contribution in [1.82, 2.24) is 15.0 Å². The number of nitrogens with zero attached hydrogens (tertiary/aromatic N) is 1. The van der Waals surface area contributed by atoms with Crippen LogP contribution in [-0.4, -0.2) is 27.5 Å². The standard InChI is InChI=1S/C14H19N3O3/c1-5-8-15-11-9(13(18)16-8)10(7(3)4)17-12(11)14(19)20-6-2/h7,17H,5-6H2,1-4H3,(H,15,16,18). The Kier molecular flexibility index (Phi) is 3.92. The first-order chi connectivity index (χ1) is 9.49. The van der Waals surface area contributed by atoms with Gasteiger partial charge in [-0.1, -0.05) is 20.8 Å². The summed E-state index contributed by atoms with van der Waals surface area (Å²) in [4.78, 5) is 34.3. The number of esters is 1. The van der Waals surface area contributed by atoms with E-state index in [1.807, 2.05) is 20.8 Å². The molecular formula is C14H19N3O3. The van der Waals surface area contributed by atoms with Crippen molar-refractivity contribution in [2.75, 3.05) is 6.61 Å². The maximum atomic E-state index is 12.2. The summed E-state index contributed by atoms with van der Waals surface area (Å²) in [6, 6.07) is 0. The van der Waals surface area contributed by atoms with Crippen LogP contribution in [0.5, 0.6) is 0 Å². The summed E-state index contributed by atoms with van der Waals surface area (Å²) >= 11 is 0. The Hall–Kier alpha value is -2.11. The van der Waals surface area contributed by atoms with Gasteiger partial charge in [0.2, 0.25) is 0 Å². The largest absolute Gasteiger partial charge is 0.461 e. The van der Waals surface area contributed by atoms with Crippen molar-refractivity contribution >= 4 is 16.9 Å². The molecule has 0 radical (unpaired) electrons. The molecule has 0 amide bonds. The first-order valence-corrected chi connectivity index (χ1v) is 6.81. The lowest BCUT2D eigenvalue weighted by molar-refractivity contribution is 0.0522. The summed E-state index contributed by atoms with van der Waals surface area (Å²) < 4.78 is 5.02. The number of nitrogens with one attached hydrogen (secondary N) is 2. The molecule has 0 aromatic carbocycles. The highest BCUT2D eigenvalue weighted by Crippen LogP contribution is 2.24. The highest BCUT2D eigenvalue weighted by molar-refractivity contribution is 6.02. The SMILES string of the molecule is CCOC(=O)c1[nH]c(C(C)C)c2c(=O)[nH]c(CC)nc12. The Morgan fingerprint density at radius 1 is 1.30 bits per heavy atom. The molecule has 6 heteroatoms. The number of carbonyl (C=O) groups is 1. The number of ether oxygens (including phenoxy) is 1. The molecule has 2 N–H and O–H groups in total. The summed E-state index contributed by atoms with van der Waals surface area (Å²) in [6.45, 7) is 7.81. The Labute approximate surface area is 116 Å². The van der Waals surface area contributed by atoms with Crippen LogP contribution in [0.15, 0.2) is 4.79 Å². The number of H-pyrrole nitrogens is 2. The smallest absolute Gasteiger partial charge is 0.357 e. The minimum Gasteiger partial charge on any atom is -0.461 e. The van der Waals surface area contributed by atoms with Crippen LogP contribution in [0.1, 0.15) is 55.6 Å². The van der Waals surface area contributed by atoms with Gasteiger partial charge in [0.25, 0.3) is 5.56 Å². The van der Waals surface area contributed by atoms with Crippen LogP contribution in [0.4, 0.5) is 0 Å². The Balaban J connectivity index is 2.78. The molecule has 0 aliphatic rings. The fraction of sp³-hybridized carbons (Fsp3) is 0.500. The van der Waals surface area contributed by atoms with Gasteiger partial charge in [-0.3, -0.25) is 4.79 Å². The maximum Gasteiger partial charge on any atom is 0.357 e. The maximum absolute atomic E-state index is 12.2. The molecular weight excluding hydrogens is 258 g/mol. The Morgan fingerprint density at radius 2 is 2.00 bits per heavy atom. The summed E-state index contributed by atoms with van der Waals surface area (Å²) in [5.74, 6) is 0.156. The lowest BCUT2D eigenvalue weighted by Gasteiger charge is -2.02. The number of aryl methyl sites for hydroxylation is 1. The van der Waals surface area contributed by atoms with Gasteiger partial charge < -0.3 is 14.7 Å². The van der Waals surface area contributed by atoms with E-state index in [9.17, 15) is 9.59 Å². The van der Waals surface area contributed by atoms with Crippen LogP contribution >= 0.6 is 0 Å². The quantitative estimate of drug-likeness (QED) is 0.838. The minimum absolute atomic E-state index is 0.0797. The summed E-state index contributed by atoms with van der Waals surface area (Å²) in [6.07, 6.45) is 0.593. The minimum atomic E-state index is -0.482. The average Bonchev–Trinajstić information content (AvgIpc) is 2.79. The molecule has 0 atom stereocenters. The molecule has 2 aromatic heterocycles. The molecule has 0 unspecified atom stereocenters. The molecule has 2 aromatic rings. The summed E-state index contributed by atoms with van der Waals surface area (Å²) in [7, 11) is 0. The molecule has 0 saturated carbocycles. The van der Waals surface area contributed by atoms with E-state index in [0.717, 1.165) is 0 Å². The van der Waals surface area contributed by atoms with Gasteiger partial charge in [0.15, 0.2) is 5.69 Å². The van der Waals surface area contributed by atoms with Crippen LogP contribution in [0, 0.1) is 0 Å². The van der Waals surface area contributed by atoms with Crippen LogP contribution < -0.4 is 5.56 Å². The van der Waals surface area contributed by atoms with Crippen molar-refractivity contribution in [1.29, 1.82) is 0 Å². The van der Waals surface area contributed by atoms with Crippen molar-refractivity contribution in [3.63, 3.8) is 0 Å². The topological polar surface area (TPSA) is 87.8 Å². The number of hydrogen-bond donors (Lipinski definition) is 2. The van der Waals surface area contributed by atoms with E-state index in [1.165, 1.54) is 0 Å². The lowest BCUT2D eigenvalue weighted by atomic mass is 10.1. The predicted molar refractivity (Wildman–Crippen MR) is 76.1 cm³/mol. The highest BCUT2D eigenvalue weighted by atomic mass is 16.5. The van der Waals surface area contributed by atoms with Crippen molar-refractivity contribution < 1.29 is 9.53 Å². The van der Waals surface area contributed by atoms with E-state index in [1.54, 1.807) is 6.92 Å². The molecule has 0 saturated heterocycles. The van der Waals surface area contributed by atoms with Gasteiger partial charge in [0.1, 0.15) is 11.3 Å². The molecule has 20 heavy (non-hydrogen) atoms. The number of hydrogen-bond acceptors (Lipinski definition) is 4. The van der Waals surface area contributed by atoms with Gasteiger partial charge in [-0.15, -0.1) is 0 Å². The van der Waals surface area contributed by atoms with Crippen LogP contribution in [0.2, 0.25) is 0 Å². The van der Waals surface area contributed by atoms with Crippen LogP contribution in [0.3, 0.4) is 0 Å². The van der Waals surface area contributed by atoms with E-state index in [0.29, 0.717) is 28.8 Å². The Morgan fingerprint density at radius 3 is 2.55 bits per heavy atom. The normalized spacial score (nSPS) is 11.2. The van der Waals surface area contributed by atoms with Crippen molar-refractivity contribution in [3.8, 4) is 0 Å². The fourth-order valence-corrected chi connectivity index (χ4v) is 2.16. The second-order valence-electron chi connectivity index (χ2n) is 4.88. The monoisotopic (exact) mass is 277 g/mol. The molecule has 0 fully saturated rings. The van der Waals surface area contributed by atoms with Crippen molar-refractivity contribution in [3.05, 3.63) is 27.6 Å². The molecule has 2 heterocycles. The molecule has 0 aliphatic carbocycles. The van der Waals surface area contributed by atoms with Gasteiger partial charge in [-0.25, -0.2) is 9.78 Å². The number of carbonyl (C=O) groups excluding carboxylic acids is 1. The summed E-state index contributed by atoms with van der Waals surface area (Å²) in [5, 5.41) is 0.445. The van der Waals surface area contributed by atoms with Gasteiger partial charge in [0.05, 0.1) is 12.0 Å². The molecule has 2 rings (SSSR count). The number of aromatic nitrogens is 3. The Bertz CT molecular complexity index is 697. The molecule has 0 spiro atoms. The second-order valence-corrected chi connectivity index (χ2v) is 4.88. The van der Waals surface area contributed by atoms with E-state index in [-0.39, 0.29) is 23.8 Å². The van der Waals surface area contributed by atoms with Crippen molar-refractivity contribution in [2.45, 2.75) is 40.0 Å². The third-order valence-electron chi connectivity index (χ3n) is 3.13. The van der Waals surface area contributed by atoms with Crippen molar-refractivity contribution in [2.24, 2.45) is 0 Å². The lowest BCUT2D eigenvalue weighted by Crippen LogP contribution is -2.13. The van der Waals surface area contributed by atoms with Gasteiger partial charge >= 0.3 is 5.97 Å². The van der Waals surface area contributed by atoms with Crippen LogP contribution in [0.25, 0.3) is 10.9 Å². The molecule has 0 bridgehead atoms. The third-order valence-corrected chi connectivity index (χ3v) is 3.13. The van der Waals surface area contributed by atoms with E-state index in [2.05, 4.69) is 15.0 Å². The number of aromatic amines is 2. The van der Waals surface area contributed by atoms with Gasteiger partial charge in [-0.2, -0.15) is 0 Å². The zero-order valence-electron chi connectivity index (χ0n) is 12.2. The van der Waals surface area contributed by atoms with Gasteiger partial charge in [0, 0.05) is 12.1 Å². The van der Waals surface area contributed by atoms with E-state index in [4.69, 9.17) is 4.74 Å². The van der Waals surface area contributed by atoms with Gasteiger partial charge in [-0.05, 0) is 12.8 Å². The fourth-order valence-electron chi connectivity index (χ4n) is 2.16. The second kappa shape index (κ2) is 5.48. The zero-order valence-corrected chi connectivity index (χ0v) is 12.2. The third kappa shape index (κ3) is 2.33. The zero-order chi connectivity index (χ0) is 14.9. The highest BCUT2D eigenvalue weighted by Gasteiger charge is 2.22. The predicted octanol–water partition coefficient (Wildman–Crippen LogP) is 2.11. The van der Waals surface area contributed by atoms with E-state index < -0.39 is 5.97 Å². The molecule has 0 aliphatic heterocycles. The van der Waals surface area contributed by atoms with E-state index >= 15 is 0 Å². The van der Waals surface area contributed by atoms with Crippen LogP contribution in [-0.2, 0) is 11.2 Å². The number of fused-ring (bicyclic) bond motifs is 1. The first kappa shape index (κ1) is 14.3. The number of rotatable bonds is 4. The molecule has 6 nitrogen and oxygen atoms in total. The average molecular weight is 277 g/mol. The summed E-state index contributed by atoms with van der Waals surface area (Å²) in [5.41, 5.74) is 1.14.